The van der Waals surface area contributed by atoms with Gasteiger partial charge in [-0.05, 0) is 47.7 Å². The molecule has 1 heterocycles. The van der Waals surface area contributed by atoms with Crippen LogP contribution in [0.3, 0.4) is 0 Å². The van der Waals surface area contributed by atoms with Crippen molar-refractivity contribution in [3.8, 4) is 5.88 Å². The summed E-state index contributed by atoms with van der Waals surface area (Å²) < 4.78 is 18.9. The van der Waals surface area contributed by atoms with Crippen LogP contribution in [0.1, 0.15) is 46.3 Å². The van der Waals surface area contributed by atoms with Crippen LogP contribution in [0, 0.1) is 11.7 Å². The van der Waals surface area contributed by atoms with Crippen molar-refractivity contribution in [2.75, 3.05) is 7.11 Å². The summed E-state index contributed by atoms with van der Waals surface area (Å²) in [7, 11) is 1.59. The van der Waals surface area contributed by atoms with E-state index >= 15 is 0 Å². The molecule has 1 aliphatic rings. The summed E-state index contributed by atoms with van der Waals surface area (Å²) >= 11 is 0. The fourth-order valence-corrected chi connectivity index (χ4v) is 4.16. The molecule has 1 aromatic heterocycles. The summed E-state index contributed by atoms with van der Waals surface area (Å²) in [6, 6.07) is 18.1. The van der Waals surface area contributed by atoms with Gasteiger partial charge in [0.05, 0.1) is 7.11 Å². The van der Waals surface area contributed by atoms with Gasteiger partial charge in [-0.1, -0.05) is 55.5 Å². The Morgan fingerprint density at radius 1 is 1.10 bits per heavy atom. The summed E-state index contributed by atoms with van der Waals surface area (Å²) in [5, 5.41) is 0. The number of benzene rings is 2. The molecule has 2 unspecified atom stereocenters. The molecule has 0 saturated heterocycles. The molecular formula is C26H24FNO2. The molecule has 3 nitrogen and oxygen atoms in total. The maximum atomic E-state index is 13.5. The molecule has 0 bridgehead atoms. The van der Waals surface area contributed by atoms with E-state index in [1.807, 2.05) is 42.5 Å². The van der Waals surface area contributed by atoms with E-state index < -0.39 is 0 Å². The third kappa shape index (κ3) is 3.90. The lowest BCUT2D eigenvalue weighted by atomic mass is 9.83. The minimum atomic E-state index is -0.337. The Morgan fingerprint density at radius 3 is 2.50 bits per heavy atom. The van der Waals surface area contributed by atoms with E-state index in [0.717, 1.165) is 23.1 Å². The van der Waals surface area contributed by atoms with Crippen molar-refractivity contribution in [2.45, 2.75) is 25.7 Å². The minimum Gasteiger partial charge on any atom is -0.481 e. The zero-order valence-electron chi connectivity index (χ0n) is 17.1. The van der Waals surface area contributed by atoms with Gasteiger partial charge in [0.15, 0.2) is 5.78 Å². The first-order valence-corrected chi connectivity index (χ1v) is 10.2. The number of methoxy groups -OCH3 is 1. The van der Waals surface area contributed by atoms with Crippen molar-refractivity contribution < 1.29 is 13.9 Å². The molecule has 0 amide bonds. The smallest absolute Gasteiger partial charge is 0.216 e. The van der Waals surface area contributed by atoms with Crippen molar-refractivity contribution in [1.82, 2.24) is 4.98 Å². The minimum absolute atomic E-state index is 0.0747. The summed E-state index contributed by atoms with van der Waals surface area (Å²) in [6.07, 6.45) is 5.31. The molecular weight excluding hydrogens is 377 g/mol. The highest BCUT2D eigenvalue weighted by molar-refractivity contribution is 6.01. The first-order chi connectivity index (χ1) is 14.6. The Balaban J connectivity index is 1.74. The number of Topliss-reactive ketones (excluding diaryl/α,β-unsaturated/α-hetero) is 1. The van der Waals surface area contributed by atoms with Crippen molar-refractivity contribution in [2.24, 2.45) is 5.92 Å². The highest BCUT2D eigenvalue weighted by Gasteiger charge is 2.36. The van der Waals surface area contributed by atoms with Gasteiger partial charge in [-0.15, -0.1) is 0 Å². The van der Waals surface area contributed by atoms with Crippen LogP contribution in [0.5, 0.6) is 5.88 Å². The number of rotatable bonds is 6. The van der Waals surface area contributed by atoms with E-state index in [1.165, 1.54) is 17.7 Å². The van der Waals surface area contributed by atoms with Crippen LogP contribution in [-0.2, 0) is 6.42 Å². The van der Waals surface area contributed by atoms with E-state index in [0.29, 0.717) is 17.9 Å². The summed E-state index contributed by atoms with van der Waals surface area (Å²) in [5.41, 5.74) is 4.78. The molecule has 1 aliphatic carbocycles. The molecule has 3 aromatic rings. The number of ether oxygens (including phenoxy) is 1. The molecule has 0 radical (unpaired) electrons. The summed E-state index contributed by atoms with van der Waals surface area (Å²) in [4.78, 5) is 17.8. The van der Waals surface area contributed by atoms with Crippen LogP contribution in [-0.4, -0.2) is 17.9 Å². The highest BCUT2D eigenvalue weighted by atomic mass is 19.1. The van der Waals surface area contributed by atoms with E-state index in [2.05, 4.69) is 11.9 Å². The molecule has 4 rings (SSSR count). The number of hydrogen-bond acceptors (Lipinski definition) is 3. The molecule has 0 aliphatic heterocycles. The Labute approximate surface area is 176 Å². The van der Waals surface area contributed by atoms with Crippen LogP contribution in [0.4, 0.5) is 4.39 Å². The molecule has 152 valence electrons. The van der Waals surface area contributed by atoms with Crippen molar-refractivity contribution in [1.29, 1.82) is 0 Å². The molecule has 0 fully saturated rings. The number of halogens is 1. The SMILES string of the molecule is CCc1ccc(C(=O)C2C=C(c3ccc(F)cc3)CC2c2cccnc2OC)cc1. The fourth-order valence-electron chi connectivity index (χ4n) is 4.16. The Bertz CT molecular complexity index is 1070. The highest BCUT2D eigenvalue weighted by Crippen LogP contribution is 2.46. The largest absolute Gasteiger partial charge is 0.481 e. The Kier molecular flexibility index (Phi) is 5.75. The summed E-state index contributed by atoms with van der Waals surface area (Å²) in [5.74, 6) is -0.0878. The topological polar surface area (TPSA) is 39.2 Å². The van der Waals surface area contributed by atoms with Gasteiger partial charge in [0, 0.05) is 29.2 Å². The average molecular weight is 401 g/mol. The standard InChI is InChI=1S/C26H24FNO2/c1-3-17-6-8-19(9-7-17)25(29)24-16-20(18-10-12-21(27)13-11-18)15-23(24)22-5-4-14-28-26(22)30-2/h4-14,16,23-24H,3,15H2,1-2H3. The average Bonchev–Trinajstić information content (AvgIpc) is 3.24. The summed E-state index contributed by atoms with van der Waals surface area (Å²) in [6.45, 7) is 2.09. The van der Waals surface area contributed by atoms with Crippen molar-refractivity contribution >= 4 is 11.4 Å². The molecule has 0 saturated carbocycles. The molecule has 2 aromatic carbocycles. The number of aryl methyl sites for hydroxylation is 1. The first-order valence-electron chi connectivity index (χ1n) is 10.2. The van der Waals surface area contributed by atoms with Gasteiger partial charge >= 0.3 is 0 Å². The third-order valence-corrected chi connectivity index (χ3v) is 5.81. The number of ketones is 1. The van der Waals surface area contributed by atoms with E-state index in [4.69, 9.17) is 4.74 Å². The van der Waals surface area contributed by atoms with Gasteiger partial charge in [-0.2, -0.15) is 0 Å². The Morgan fingerprint density at radius 2 is 1.83 bits per heavy atom. The second kappa shape index (κ2) is 8.62. The fraction of sp³-hybridized carbons (Fsp3) is 0.231. The lowest BCUT2D eigenvalue weighted by Crippen LogP contribution is -2.18. The number of pyridine rings is 1. The second-order valence-corrected chi connectivity index (χ2v) is 7.55. The quantitative estimate of drug-likeness (QED) is 0.486. The molecule has 0 spiro atoms. The van der Waals surface area contributed by atoms with Crippen LogP contribution in [0.2, 0.25) is 0 Å². The number of aromatic nitrogens is 1. The maximum Gasteiger partial charge on any atom is 0.216 e. The van der Waals surface area contributed by atoms with E-state index in [1.54, 1.807) is 25.4 Å². The number of allylic oxidation sites excluding steroid dienone is 2. The maximum absolute atomic E-state index is 13.5. The zero-order valence-corrected chi connectivity index (χ0v) is 17.1. The van der Waals surface area contributed by atoms with Gasteiger partial charge in [-0.3, -0.25) is 4.79 Å². The lowest BCUT2D eigenvalue weighted by molar-refractivity contribution is 0.0934. The predicted octanol–water partition coefficient (Wildman–Crippen LogP) is 5.86. The van der Waals surface area contributed by atoms with Crippen LogP contribution >= 0.6 is 0 Å². The van der Waals surface area contributed by atoms with Gasteiger partial charge in [0.1, 0.15) is 5.82 Å². The first kappa shape index (κ1) is 20.0. The van der Waals surface area contributed by atoms with Crippen molar-refractivity contribution in [3.05, 3.63) is 101 Å². The Hall–Kier alpha value is -3.27. The van der Waals surface area contributed by atoms with Gasteiger partial charge in [-0.25, -0.2) is 9.37 Å². The normalized spacial score (nSPS) is 18.2. The van der Waals surface area contributed by atoms with Crippen LogP contribution in [0.15, 0.2) is 72.9 Å². The molecule has 4 heteroatoms. The number of carbonyl (C=O) groups excluding carboxylic acids is 1. The lowest BCUT2D eigenvalue weighted by Gasteiger charge is -2.20. The number of carbonyl (C=O) groups is 1. The van der Waals surface area contributed by atoms with E-state index in [-0.39, 0.29) is 23.4 Å². The third-order valence-electron chi connectivity index (χ3n) is 5.81. The number of hydrogen-bond donors (Lipinski definition) is 0. The molecule has 0 N–H and O–H groups in total. The van der Waals surface area contributed by atoms with Crippen molar-refractivity contribution in [3.63, 3.8) is 0 Å². The van der Waals surface area contributed by atoms with Gasteiger partial charge < -0.3 is 4.74 Å². The van der Waals surface area contributed by atoms with E-state index in [9.17, 15) is 9.18 Å². The van der Waals surface area contributed by atoms with Gasteiger partial charge in [0.25, 0.3) is 0 Å². The molecule has 2 atom stereocenters. The van der Waals surface area contributed by atoms with Crippen LogP contribution < -0.4 is 4.74 Å². The number of nitrogens with zero attached hydrogens (tertiary/aromatic N) is 1. The monoisotopic (exact) mass is 401 g/mol. The second-order valence-electron chi connectivity index (χ2n) is 7.55. The zero-order chi connectivity index (χ0) is 21.1. The molecule has 30 heavy (non-hydrogen) atoms. The van der Waals surface area contributed by atoms with Gasteiger partial charge in [0.2, 0.25) is 5.88 Å². The predicted molar refractivity (Wildman–Crippen MR) is 116 cm³/mol. The van der Waals surface area contributed by atoms with Crippen LogP contribution in [0.25, 0.3) is 5.57 Å².